The largest absolute Gasteiger partial charge is 0.490 e. The van der Waals surface area contributed by atoms with E-state index in [1.54, 1.807) is 18.2 Å². The van der Waals surface area contributed by atoms with Crippen molar-refractivity contribution in [1.29, 1.82) is 0 Å². The molecule has 1 aliphatic carbocycles. The van der Waals surface area contributed by atoms with E-state index < -0.39 is 12.1 Å². The van der Waals surface area contributed by atoms with Crippen molar-refractivity contribution in [2.24, 2.45) is 0 Å². The number of H-pyrrole nitrogens is 2. The summed E-state index contributed by atoms with van der Waals surface area (Å²) in [6, 6.07) is 12.9. The van der Waals surface area contributed by atoms with Crippen LogP contribution in [0.15, 0.2) is 52.1 Å². The van der Waals surface area contributed by atoms with Crippen molar-refractivity contribution in [2.45, 2.75) is 63.2 Å². The molecule has 2 heterocycles. The molecule has 0 aliphatic heterocycles. The van der Waals surface area contributed by atoms with Gasteiger partial charge in [-0.15, -0.1) is 0 Å². The van der Waals surface area contributed by atoms with Crippen molar-refractivity contribution in [3.63, 3.8) is 0 Å². The second-order valence-electron chi connectivity index (χ2n) is 9.72. The van der Waals surface area contributed by atoms with E-state index in [9.17, 15) is 27.6 Å². The highest BCUT2D eigenvalue weighted by Gasteiger charge is 2.38. The van der Waals surface area contributed by atoms with Crippen LogP contribution in [0.25, 0.3) is 21.9 Å². The van der Waals surface area contributed by atoms with Crippen molar-refractivity contribution in [1.82, 2.24) is 24.8 Å². The summed E-state index contributed by atoms with van der Waals surface area (Å²) >= 11 is 6.04. The number of carboxylic acids is 1. The third-order valence-corrected chi connectivity index (χ3v) is 7.06. The van der Waals surface area contributed by atoms with Crippen LogP contribution in [-0.2, 0) is 16.0 Å². The monoisotopic (exact) mass is 593 g/mol. The Kier molecular flexibility index (Phi) is 9.16. The van der Waals surface area contributed by atoms with Crippen molar-refractivity contribution in [2.75, 3.05) is 0 Å². The number of nitrogens with one attached hydrogen (secondary N) is 3. The van der Waals surface area contributed by atoms with Crippen LogP contribution in [0.3, 0.4) is 0 Å². The molecule has 1 saturated carbocycles. The third-order valence-electron chi connectivity index (χ3n) is 6.83. The predicted molar refractivity (Wildman–Crippen MR) is 146 cm³/mol. The number of aryl methyl sites for hydroxylation is 1. The molecule has 218 valence electrons. The minimum absolute atomic E-state index is 0.00508. The van der Waals surface area contributed by atoms with Crippen molar-refractivity contribution in [3.05, 3.63) is 74.1 Å². The van der Waals surface area contributed by atoms with E-state index in [-0.39, 0.29) is 29.2 Å². The molecule has 5 rings (SSSR count). The van der Waals surface area contributed by atoms with Gasteiger partial charge in [0.1, 0.15) is 5.82 Å². The molecular formula is C27H27ClF3N5O5. The highest BCUT2D eigenvalue weighted by molar-refractivity contribution is 6.31. The van der Waals surface area contributed by atoms with Gasteiger partial charge in [0, 0.05) is 29.9 Å². The number of para-hydroxylation sites is 1. The molecule has 0 radical (unpaired) electrons. The number of carbonyl (C=O) groups excluding carboxylic acids is 1. The molecule has 0 unspecified atom stereocenters. The summed E-state index contributed by atoms with van der Waals surface area (Å²) in [5.74, 6) is -2.15. The lowest BCUT2D eigenvalue weighted by atomic mass is 9.90. The number of hydrogen-bond donors (Lipinski definition) is 4. The van der Waals surface area contributed by atoms with Gasteiger partial charge >= 0.3 is 17.8 Å². The number of aliphatic carboxylic acids is 1. The molecule has 1 amide bonds. The molecule has 4 N–H and O–H groups in total. The normalized spacial score (nSPS) is 17.2. The van der Waals surface area contributed by atoms with Gasteiger partial charge in [-0.3, -0.25) is 14.2 Å². The summed E-state index contributed by atoms with van der Waals surface area (Å²) in [4.78, 5) is 56.2. The van der Waals surface area contributed by atoms with E-state index in [2.05, 4.69) is 20.3 Å². The van der Waals surface area contributed by atoms with Crippen LogP contribution in [0.4, 0.5) is 13.2 Å². The predicted octanol–water partition coefficient (Wildman–Crippen LogP) is 4.48. The summed E-state index contributed by atoms with van der Waals surface area (Å²) in [5.41, 5.74) is 2.00. The number of nitrogens with zero attached hydrogens (tertiary/aromatic N) is 2. The summed E-state index contributed by atoms with van der Waals surface area (Å²) in [7, 11) is 0. The summed E-state index contributed by atoms with van der Waals surface area (Å²) in [5, 5.41) is 11.4. The molecular weight excluding hydrogens is 567 g/mol. The fourth-order valence-corrected chi connectivity index (χ4v) is 5.09. The molecule has 0 spiro atoms. The summed E-state index contributed by atoms with van der Waals surface area (Å²) in [6.07, 6.45) is -0.278. The number of alkyl halides is 3. The first-order chi connectivity index (χ1) is 19.4. The van der Waals surface area contributed by atoms with Gasteiger partial charge in [0.05, 0.1) is 21.9 Å². The fraction of sp³-hybridized carbons (Fsp3) is 0.370. The van der Waals surface area contributed by atoms with Gasteiger partial charge in [-0.1, -0.05) is 23.7 Å². The summed E-state index contributed by atoms with van der Waals surface area (Å²) < 4.78 is 33.6. The van der Waals surface area contributed by atoms with E-state index in [1.807, 2.05) is 28.8 Å². The highest BCUT2D eigenvalue weighted by Crippen LogP contribution is 2.30. The zero-order valence-electron chi connectivity index (χ0n) is 21.6. The van der Waals surface area contributed by atoms with Gasteiger partial charge in [-0.2, -0.15) is 13.2 Å². The lowest BCUT2D eigenvalue weighted by Crippen LogP contribution is -2.38. The van der Waals surface area contributed by atoms with E-state index >= 15 is 0 Å². The maximum Gasteiger partial charge on any atom is 0.490 e. The van der Waals surface area contributed by atoms with Crippen LogP contribution in [0.2, 0.25) is 5.02 Å². The number of fused-ring (bicyclic) bond motifs is 2. The second-order valence-corrected chi connectivity index (χ2v) is 10.2. The van der Waals surface area contributed by atoms with Gasteiger partial charge in [0.25, 0.3) is 5.56 Å². The second kappa shape index (κ2) is 12.6. The highest BCUT2D eigenvalue weighted by atomic mass is 35.5. The molecule has 41 heavy (non-hydrogen) atoms. The fourth-order valence-electron chi connectivity index (χ4n) is 4.91. The van der Waals surface area contributed by atoms with Crippen molar-refractivity contribution < 1.29 is 27.9 Å². The smallest absolute Gasteiger partial charge is 0.475 e. The number of hydrogen-bond acceptors (Lipinski definition) is 5. The Labute approximate surface area is 235 Å². The molecule has 2 aromatic heterocycles. The van der Waals surface area contributed by atoms with Crippen molar-refractivity contribution in [3.8, 4) is 0 Å². The van der Waals surface area contributed by atoms with Crippen LogP contribution >= 0.6 is 11.6 Å². The van der Waals surface area contributed by atoms with Crippen LogP contribution in [0.5, 0.6) is 0 Å². The molecule has 0 atom stereocenters. The Morgan fingerprint density at radius 3 is 2.44 bits per heavy atom. The Morgan fingerprint density at radius 2 is 1.76 bits per heavy atom. The molecule has 14 heteroatoms. The zero-order chi connectivity index (χ0) is 29.7. The van der Waals surface area contributed by atoms with Crippen molar-refractivity contribution >= 4 is 45.4 Å². The molecule has 1 fully saturated rings. The number of halogens is 4. The minimum atomic E-state index is -5.08. The van der Waals surface area contributed by atoms with E-state index in [1.165, 1.54) is 0 Å². The first kappa shape index (κ1) is 29.8. The van der Waals surface area contributed by atoms with Gasteiger partial charge in [-0.25, -0.2) is 14.6 Å². The van der Waals surface area contributed by atoms with Gasteiger partial charge in [0.2, 0.25) is 5.91 Å². The number of benzene rings is 2. The van der Waals surface area contributed by atoms with Crippen LogP contribution in [0.1, 0.15) is 50.4 Å². The molecule has 0 bridgehead atoms. The van der Waals surface area contributed by atoms with Crippen LogP contribution in [-0.4, -0.2) is 48.7 Å². The number of rotatable bonds is 6. The third kappa shape index (κ3) is 7.54. The molecule has 1 aliphatic rings. The van der Waals surface area contributed by atoms with Gasteiger partial charge < -0.3 is 20.4 Å². The maximum atomic E-state index is 12.5. The summed E-state index contributed by atoms with van der Waals surface area (Å²) in [6.45, 7) is 0. The SMILES string of the molecule is O=C(CCCc1nc2ccccc2c(=O)[nH]1)N[C@H]1CC[C@H](n2c(=O)[nH]c3cc(Cl)ccc32)CC1.O=C(O)C(F)(F)F. The first-order valence-corrected chi connectivity index (χ1v) is 13.3. The Balaban J connectivity index is 0.000000493. The van der Waals surface area contributed by atoms with Crippen LogP contribution < -0.4 is 16.6 Å². The Bertz CT molecular complexity index is 1670. The quantitative estimate of drug-likeness (QED) is 0.259. The van der Waals surface area contributed by atoms with E-state index in [0.717, 1.165) is 36.7 Å². The lowest BCUT2D eigenvalue weighted by molar-refractivity contribution is -0.192. The zero-order valence-corrected chi connectivity index (χ0v) is 22.4. The Morgan fingerprint density at radius 1 is 1.07 bits per heavy atom. The molecule has 4 aromatic rings. The molecule has 2 aromatic carbocycles. The van der Waals surface area contributed by atoms with Crippen LogP contribution in [0, 0.1) is 0 Å². The maximum absolute atomic E-state index is 12.5. The Hall–Kier alpha value is -4.13. The minimum Gasteiger partial charge on any atom is -0.475 e. The molecule has 10 nitrogen and oxygen atoms in total. The first-order valence-electron chi connectivity index (χ1n) is 12.9. The number of imidazole rings is 1. The average molecular weight is 594 g/mol. The number of amides is 1. The molecule has 0 saturated heterocycles. The average Bonchev–Trinajstić information content (AvgIpc) is 3.23. The standard InChI is InChI=1S/C25H26ClN5O3.C2HF3O2/c26-15-8-13-21-20(14-15)29-25(34)31(21)17-11-9-16(10-12-17)27-23(32)7-3-6-22-28-19-5-2-1-4-18(19)24(33)30-22;3-2(4,5)1(6)7/h1-2,4-5,8,13-14,16-17H,3,6-7,9-12H2,(H,27,32)(H,29,34)(H,28,30,33);(H,6,7)/t16-,17-;. The lowest BCUT2D eigenvalue weighted by Gasteiger charge is -2.30. The van der Waals surface area contributed by atoms with E-state index in [4.69, 9.17) is 21.5 Å². The number of carbonyl (C=O) groups is 2. The number of aromatic nitrogens is 4. The van der Waals surface area contributed by atoms with E-state index in [0.29, 0.717) is 41.0 Å². The number of aromatic amines is 2. The van der Waals surface area contributed by atoms with Gasteiger partial charge in [0.15, 0.2) is 0 Å². The number of carboxylic acid groups (broad SMARTS) is 1. The topological polar surface area (TPSA) is 150 Å². The van der Waals surface area contributed by atoms with Gasteiger partial charge in [-0.05, 0) is 62.4 Å².